The molecule has 0 radical (unpaired) electrons. The summed E-state index contributed by atoms with van der Waals surface area (Å²) in [6, 6.07) is 0. The highest BCUT2D eigenvalue weighted by Crippen LogP contribution is 2.16. The molecule has 0 aromatic rings. The van der Waals surface area contributed by atoms with Gasteiger partial charge in [0.25, 0.3) is 0 Å². The lowest BCUT2D eigenvalue weighted by Crippen LogP contribution is -2.09. The summed E-state index contributed by atoms with van der Waals surface area (Å²) in [5.41, 5.74) is -0.0972. The molecule has 0 aromatic heterocycles. The largest absolute Gasteiger partial charge is 0.393 e. The first-order valence-electron chi connectivity index (χ1n) is 8.07. The maximum atomic E-state index is 10.1. The summed E-state index contributed by atoms with van der Waals surface area (Å²) in [5, 5.41) is 8.91. The maximum Gasteiger partial charge on any atom is 0.125 e. The van der Waals surface area contributed by atoms with E-state index in [2.05, 4.69) is 13.8 Å². The molecule has 1 rings (SSSR count). The van der Waals surface area contributed by atoms with Gasteiger partial charge in [-0.1, -0.05) is 73.1 Å². The fraction of sp³-hybridized carbons (Fsp3) is 0.941. The van der Waals surface area contributed by atoms with E-state index in [9.17, 15) is 4.79 Å². The van der Waals surface area contributed by atoms with Crippen LogP contribution in [-0.2, 0) is 4.79 Å². The predicted octanol–water partition coefficient (Wildman–Crippen LogP) is 5.13. The summed E-state index contributed by atoms with van der Waals surface area (Å²) in [7, 11) is 0. The van der Waals surface area contributed by atoms with Crippen LogP contribution < -0.4 is 0 Å². The van der Waals surface area contributed by atoms with Gasteiger partial charge in [-0.3, -0.25) is 0 Å². The molecule has 1 N–H and O–H groups in total. The Morgan fingerprint density at radius 1 is 1.05 bits per heavy atom. The van der Waals surface area contributed by atoms with Crippen molar-refractivity contribution in [3.8, 4) is 0 Å². The van der Waals surface area contributed by atoms with E-state index in [0.717, 1.165) is 25.5 Å². The fourth-order valence-electron chi connectivity index (χ4n) is 1.52. The minimum Gasteiger partial charge on any atom is -0.393 e. The number of hydrogen-bond donors (Lipinski definition) is 1. The highest BCUT2D eigenvalue weighted by atomic mass is 16.3. The number of rotatable bonds is 4. The van der Waals surface area contributed by atoms with Crippen LogP contribution in [0.2, 0.25) is 0 Å². The molecule has 0 unspecified atom stereocenters. The van der Waals surface area contributed by atoms with E-state index in [4.69, 9.17) is 5.11 Å². The van der Waals surface area contributed by atoms with E-state index in [0.29, 0.717) is 0 Å². The van der Waals surface area contributed by atoms with Gasteiger partial charge in [0.2, 0.25) is 0 Å². The Morgan fingerprint density at radius 3 is 1.63 bits per heavy atom. The van der Waals surface area contributed by atoms with Crippen molar-refractivity contribution >= 4 is 6.29 Å². The van der Waals surface area contributed by atoms with Crippen molar-refractivity contribution in [3.05, 3.63) is 0 Å². The van der Waals surface area contributed by atoms with Crippen molar-refractivity contribution < 1.29 is 9.90 Å². The number of aldehydes is 1. The van der Waals surface area contributed by atoms with E-state index < -0.39 is 0 Å². The average Bonchev–Trinajstić information content (AvgIpc) is 2.42. The first-order valence-corrected chi connectivity index (χ1v) is 8.07. The van der Waals surface area contributed by atoms with Crippen LogP contribution in [0.15, 0.2) is 0 Å². The van der Waals surface area contributed by atoms with Crippen molar-refractivity contribution in [3.63, 3.8) is 0 Å². The zero-order valence-electron chi connectivity index (χ0n) is 13.9. The lowest BCUT2D eigenvalue weighted by molar-refractivity contribution is -0.114. The standard InChI is InChI=1S/2C6H12O.C5H12/c7-6-4-2-1-3-5-6;1-4-6(2,3)5-7;1-3-5-4-2/h6-7H,1-5H2;5H,4H2,1-3H3;3-5H2,1-2H3. The van der Waals surface area contributed by atoms with E-state index >= 15 is 0 Å². The summed E-state index contributed by atoms with van der Waals surface area (Å²) in [5.74, 6) is 0. The first kappa shape index (κ1) is 20.9. The minimum absolute atomic E-state index is 0.0359. The van der Waals surface area contributed by atoms with Gasteiger partial charge in [0, 0.05) is 5.41 Å². The molecule has 0 saturated heterocycles. The first-order chi connectivity index (χ1) is 8.93. The predicted molar refractivity (Wildman–Crippen MR) is 84.4 cm³/mol. The molecule has 2 nitrogen and oxygen atoms in total. The maximum absolute atomic E-state index is 10.1. The number of carbonyl (C=O) groups is 1. The molecule has 19 heavy (non-hydrogen) atoms. The lowest BCUT2D eigenvalue weighted by Gasteiger charge is -2.14. The molecule has 0 aliphatic heterocycles. The lowest BCUT2D eigenvalue weighted by atomic mass is 9.93. The number of hydrogen-bond acceptors (Lipinski definition) is 2. The fourth-order valence-corrected chi connectivity index (χ4v) is 1.52. The zero-order valence-corrected chi connectivity index (χ0v) is 13.9. The second-order valence-corrected chi connectivity index (χ2v) is 6.11. The second kappa shape index (κ2) is 14.0. The number of aliphatic hydroxyl groups is 1. The number of aliphatic hydroxyl groups excluding tert-OH is 1. The third-order valence-corrected chi connectivity index (χ3v) is 3.51. The van der Waals surface area contributed by atoms with Crippen molar-refractivity contribution in [1.82, 2.24) is 0 Å². The van der Waals surface area contributed by atoms with Crippen LogP contribution in [0.4, 0.5) is 0 Å². The van der Waals surface area contributed by atoms with Gasteiger partial charge in [-0.2, -0.15) is 0 Å². The third kappa shape index (κ3) is 17.6. The van der Waals surface area contributed by atoms with Crippen molar-refractivity contribution in [2.45, 2.75) is 98.5 Å². The molecular formula is C17H36O2. The van der Waals surface area contributed by atoms with Gasteiger partial charge in [-0.05, 0) is 19.3 Å². The molecule has 1 fully saturated rings. The van der Waals surface area contributed by atoms with E-state index in [1.807, 2.05) is 20.8 Å². The Balaban J connectivity index is 0. The molecule has 0 atom stereocenters. The monoisotopic (exact) mass is 272 g/mol. The van der Waals surface area contributed by atoms with Crippen LogP contribution in [0.1, 0.15) is 92.4 Å². The smallest absolute Gasteiger partial charge is 0.125 e. The SMILES string of the molecule is CCC(C)(C)C=O.CCCCC.OC1CCCCC1. The highest BCUT2D eigenvalue weighted by Gasteiger charge is 2.11. The summed E-state index contributed by atoms with van der Waals surface area (Å²) in [6.45, 7) is 10.3. The van der Waals surface area contributed by atoms with Gasteiger partial charge in [-0.15, -0.1) is 0 Å². The van der Waals surface area contributed by atoms with Crippen LogP contribution in [0.5, 0.6) is 0 Å². The average molecular weight is 272 g/mol. The number of unbranched alkanes of at least 4 members (excludes halogenated alkanes) is 2. The van der Waals surface area contributed by atoms with Crippen molar-refractivity contribution in [1.29, 1.82) is 0 Å². The Labute approximate surface area is 121 Å². The summed E-state index contributed by atoms with van der Waals surface area (Å²) in [4.78, 5) is 10.1. The van der Waals surface area contributed by atoms with Crippen molar-refractivity contribution in [2.75, 3.05) is 0 Å². The van der Waals surface area contributed by atoms with E-state index in [1.165, 1.54) is 38.5 Å². The Morgan fingerprint density at radius 2 is 1.53 bits per heavy atom. The number of carbonyl (C=O) groups excluding carboxylic acids is 1. The summed E-state index contributed by atoms with van der Waals surface area (Å²) in [6.07, 6.45) is 11.9. The molecule has 0 spiro atoms. The van der Waals surface area contributed by atoms with E-state index in [-0.39, 0.29) is 11.5 Å². The molecule has 0 bridgehead atoms. The topological polar surface area (TPSA) is 37.3 Å². The summed E-state index contributed by atoms with van der Waals surface area (Å²) >= 11 is 0. The molecule has 0 heterocycles. The van der Waals surface area contributed by atoms with Crippen LogP contribution in [0, 0.1) is 5.41 Å². The quantitative estimate of drug-likeness (QED) is 0.720. The second-order valence-electron chi connectivity index (χ2n) is 6.11. The van der Waals surface area contributed by atoms with Gasteiger partial charge in [0.1, 0.15) is 6.29 Å². The van der Waals surface area contributed by atoms with Gasteiger partial charge in [0.15, 0.2) is 0 Å². The van der Waals surface area contributed by atoms with Gasteiger partial charge in [0.05, 0.1) is 6.10 Å². The Hall–Kier alpha value is -0.370. The Kier molecular flexibility index (Phi) is 15.5. The van der Waals surface area contributed by atoms with Crippen LogP contribution in [0.25, 0.3) is 0 Å². The Bertz CT molecular complexity index is 180. The third-order valence-electron chi connectivity index (χ3n) is 3.51. The van der Waals surface area contributed by atoms with Crippen LogP contribution >= 0.6 is 0 Å². The molecule has 1 aliphatic rings. The minimum atomic E-state index is -0.0972. The normalized spacial score (nSPS) is 15.7. The summed E-state index contributed by atoms with van der Waals surface area (Å²) < 4.78 is 0. The molecule has 116 valence electrons. The molecule has 2 heteroatoms. The van der Waals surface area contributed by atoms with Gasteiger partial charge >= 0.3 is 0 Å². The van der Waals surface area contributed by atoms with Crippen molar-refractivity contribution in [2.24, 2.45) is 5.41 Å². The molecular weight excluding hydrogens is 236 g/mol. The highest BCUT2D eigenvalue weighted by molar-refractivity contribution is 5.57. The molecule has 1 saturated carbocycles. The van der Waals surface area contributed by atoms with E-state index in [1.54, 1.807) is 0 Å². The van der Waals surface area contributed by atoms with Crippen LogP contribution in [-0.4, -0.2) is 17.5 Å². The molecule has 0 aromatic carbocycles. The molecule has 1 aliphatic carbocycles. The van der Waals surface area contributed by atoms with Gasteiger partial charge < -0.3 is 9.90 Å². The van der Waals surface area contributed by atoms with Crippen LogP contribution in [0.3, 0.4) is 0 Å². The zero-order chi connectivity index (χ0) is 15.1. The van der Waals surface area contributed by atoms with Gasteiger partial charge in [-0.25, -0.2) is 0 Å². The molecule has 0 amide bonds.